The van der Waals surface area contributed by atoms with Gasteiger partial charge in [-0.15, -0.1) is 0 Å². The van der Waals surface area contributed by atoms with Crippen molar-refractivity contribution in [1.29, 1.82) is 0 Å². The Hall–Kier alpha value is -2.71. The van der Waals surface area contributed by atoms with Crippen molar-refractivity contribution in [1.82, 2.24) is 10.0 Å². The molecule has 0 bridgehead atoms. The lowest BCUT2D eigenvalue weighted by Gasteiger charge is -2.10. The van der Waals surface area contributed by atoms with Gasteiger partial charge in [0.15, 0.2) is 5.78 Å². The molecule has 0 atom stereocenters. The second-order valence-corrected chi connectivity index (χ2v) is 8.62. The van der Waals surface area contributed by atoms with Gasteiger partial charge in [0, 0.05) is 25.1 Å². The first-order valence-electron chi connectivity index (χ1n) is 9.91. The normalized spacial score (nSPS) is 11.1. The highest BCUT2D eigenvalue weighted by Gasteiger charge is 2.14. The summed E-state index contributed by atoms with van der Waals surface area (Å²) in [4.78, 5) is 23.4. The van der Waals surface area contributed by atoms with Gasteiger partial charge in [-0.3, -0.25) is 9.59 Å². The average molecular weight is 433 g/mol. The number of nitrogens with one attached hydrogen (secondary N) is 2. The van der Waals surface area contributed by atoms with Gasteiger partial charge in [0.25, 0.3) is 0 Å². The summed E-state index contributed by atoms with van der Waals surface area (Å²) in [6.07, 6.45) is 2.05. The van der Waals surface area contributed by atoms with E-state index in [9.17, 15) is 18.0 Å². The van der Waals surface area contributed by atoms with Crippen molar-refractivity contribution < 1.29 is 22.7 Å². The Morgan fingerprint density at radius 1 is 1.07 bits per heavy atom. The molecule has 1 amide bonds. The number of hydrogen-bond acceptors (Lipinski definition) is 5. The van der Waals surface area contributed by atoms with Crippen LogP contribution < -0.4 is 14.8 Å². The van der Waals surface area contributed by atoms with E-state index < -0.39 is 10.0 Å². The topological polar surface area (TPSA) is 102 Å². The van der Waals surface area contributed by atoms with Gasteiger partial charge in [0.2, 0.25) is 15.9 Å². The Labute approximate surface area is 177 Å². The number of carbonyl (C=O) groups excluding carboxylic acids is 2. The fourth-order valence-corrected chi connectivity index (χ4v) is 3.65. The number of sulfonamides is 1. The predicted molar refractivity (Wildman–Crippen MR) is 115 cm³/mol. The molecule has 0 aliphatic carbocycles. The molecular weight excluding hydrogens is 404 g/mol. The third kappa shape index (κ3) is 7.61. The molecule has 0 unspecified atom stereocenters. The first-order valence-corrected chi connectivity index (χ1v) is 11.4. The monoisotopic (exact) mass is 432 g/mol. The van der Waals surface area contributed by atoms with Crippen LogP contribution in [0.1, 0.15) is 49.0 Å². The number of unbranched alkanes of at least 4 members (excludes halogenated alkanes) is 1. The Morgan fingerprint density at radius 3 is 2.47 bits per heavy atom. The summed E-state index contributed by atoms with van der Waals surface area (Å²) in [7, 11) is -3.74. The van der Waals surface area contributed by atoms with E-state index >= 15 is 0 Å². The molecular formula is C22H28N2O5S. The Bertz CT molecular complexity index is 956. The molecule has 0 aromatic heterocycles. The van der Waals surface area contributed by atoms with Crippen LogP contribution in [-0.2, 0) is 21.4 Å². The highest BCUT2D eigenvalue weighted by atomic mass is 32.2. The van der Waals surface area contributed by atoms with Crippen molar-refractivity contribution in [3.05, 3.63) is 59.7 Å². The minimum absolute atomic E-state index is 0.0114. The molecule has 0 aliphatic heterocycles. The largest absolute Gasteiger partial charge is 0.494 e. The number of ether oxygens (including phenoxy) is 1. The van der Waals surface area contributed by atoms with E-state index in [1.165, 1.54) is 31.2 Å². The fraction of sp³-hybridized carbons (Fsp3) is 0.364. The molecule has 0 fully saturated rings. The van der Waals surface area contributed by atoms with Gasteiger partial charge < -0.3 is 10.1 Å². The molecule has 2 aromatic carbocycles. The number of Topliss-reactive ketones (excluding diaryl/α,β-unsaturated/α-hetero) is 1. The molecule has 30 heavy (non-hydrogen) atoms. The molecule has 0 saturated heterocycles. The van der Waals surface area contributed by atoms with E-state index in [1.54, 1.807) is 0 Å². The standard InChI is InChI=1S/C22H28N2O5S/c1-3-4-14-29-20-7-5-6-18(15-20)16-23-22(26)12-13-24-30(27,28)21-10-8-19(9-11-21)17(2)25/h5-11,15,24H,3-4,12-14,16H2,1-2H3,(H,23,26). The van der Waals surface area contributed by atoms with Crippen molar-refractivity contribution >= 4 is 21.7 Å². The van der Waals surface area contributed by atoms with E-state index in [0.717, 1.165) is 24.2 Å². The second kappa shape index (κ2) is 11.5. The average Bonchev–Trinajstić information content (AvgIpc) is 2.73. The highest BCUT2D eigenvalue weighted by Crippen LogP contribution is 2.14. The van der Waals surface area contributed by atoms with Crippen LogP contribution in [0.3, 0.4) is 0 Å². The summed E-state index contributed by atoms with van der Waals surface area (Å²) < 4.78 is 32.6. The molecule has 2 N–H and O–H groups in total. The van der Waals surface area contributed by atoms with Crippen LogP contribution in [0.4, 0.5) is 0 Å². The molecule has 2 rings (SSSR count). The van der Waals surface area contributed by atoms with E-state index in [1.807, 2.05) is 24.3 Å². The maximum absolute atomic E-state index is 12.3. The van der Waals surface area contributed by atoms with Crippen molar-refractivity contribution in [2.75, 3.05) is 13.2 Å². The number of rotatable bonds is 12. The van der Waals surface area contributed by atoms with Crippen LogP contribution in [0.5, 0.6) is 5.75 Å². The molecule has 0 radical (unpaired) electrons. The first-order chi connectivity index (χ1) is 14.3. The lowest BCUT2D eigenvalue weighted by atomic mass is 10.2. The summed E-state index contributed by atoms with van der Waals surface area (Å²) in [5.74, 6) is 0.363. The molecule has 0 spiro atoms. The van der Waals surface area contributed by atoms with Gasteiger partial charge >= 0.3 is 0 Å². The SMILES string of the molecule is CCCCOc1cccc(CNC(=O)CCNS(=O)(=O)c2ccc(C(C)=O)cc2)c1. The van der Waals surface area contributed by atoms with E-state index in [0.29, 0.717) is 18.7 Å². The van der Waals surface area contributed by atoms with Crippen LogP contribution in [0.15, 0.2) is 53.4 Å². The number of carbonyl (C=O) groups is 2. The van der Waals surface area contributed by atoms with E-state index in [-0.39, 0.29) is 29.6 Å². The third-order valence-electron chi connectivity index (χ3n) is 4.37. The van der Waals surface area contributed by atoms with E-state index in [2.05, 4.69) is 17.0 Å². The number of hydrogen-bond donors (Lipinski definition) is 2. The summed E-state index contributed by atoms with van der Waals surface area (Å²) in [5, 5.41) is 2.77. The Balaban J connectivity index is 1.78. The highest BCUT2D eigenvalue weighted by molar-refractivity contribution is 7.89. The molecule has 0 heterocycles. The van der Waals surface area contributed by atoms with Crippen LogP contribution in [0, 0.1) is 0 Å². The molecule has 0 saturated carbocycles. The molecule has 162 valence electrons. The molecule has 0 aliphatic rings. The lowest BCUT2D eigenvalue weighted by Crippen LogP contribution is -2.30. The van der Waals surface area contributed by atoms with E-state index in [4.69, 9.17) is 4.74 Å². The van der Waals surface area contributed by atoms with Gasteiger partial charge in [0.1, 0.15) is 5.75 Å². The van der Waals surface area contributed by atoms with Gasteiger partial charge in [-0.05, 0) is 43.2 Å². The van der Waals surface area contributed by atoms with Crippen molar-refractivity contribution in [3.8, 4) is 5.75 Å². The van der Waals surface area contributed by atoms with Gasteiger partial charge in [0.05, 0.1) is 11.5 Å². The summed E-state index contributed by atoms with van der Waals surface area (Å²) in [6, 6.07) is 13.2. The minimum Gasteiger partial charge on any atom is -0.494 e. The zero-order valence-electron chi connectivity index (χ0n) is 17.3. The first kappa shape index (κ1) is 23.6. The predicted octanol–water partition coefficient (Wildman–Crippen LogP) is 3.05. The number of amides is 1. The van der Waals surface area contributed by atoms with Crippen LogP contribution in [0.2, 0.25) is 0 Å². The van der Waals surface area contributed by atoms with Crippen molar-refractivity contribution in [3.63, 3.8) is 0 Å². The van der Waals surface area contributed by atoms with Gasteiger partial charge in [-0.1, -0.05) is 37.6 Å². The second-order valence-electron chi connectivity index (χ2n) is 6.85. The van der Waals surface area contributed by atoms with Crippen LogP contribution in [0.25, 0.3) is 0 Å². The zero-order chi connectivity index (χ0) is 22.0. The Morgan fingerprint density at radius 2 is 1.80 bits per heavy atom. The van der Waals surface area contributed by atoms with Crippen molar-refractivity contribution in [2.45, 2.75) is 44.6 Å². The summed E-state index contributed by atoms with van der Waals surface area (Å²) in [5.41, 5.74) is 1.34. The lowest BCUT2D eigenvalue weighted by molar-refractivity contribution is -0.121. The summed E-state index contributed by atoms with van der Waals surface area (Å²) in [6.45, 7) is 4.48. The van der Waals surface area contributed by atoms with Gasteiger partial charge in [-0.25, -0.2) is 13.1 Å². The maximum Gasteiger partial charge on any atom is 0.240 e. The molecule has 7 nitrogen and oxygen atoms in total. The fourth-order valence-electron chi connectivity index (χ4n) is 2.62. The van der Waals surface area contributed by atoms with Crippen LogP contribution >= 0.6 is 0 Å². The summed E-state index contributed by atoms with van der Waals surface area (Å²) >= 11 is 0. The zero-order valence-corrected chi connectivity index (χ0v) is 18.1. The van der Waals surface area contributed by atoms with Gasteiger partial charge in [-0.2, -0.15) is 0 Å². The maximum atomic E-state index is 12.3. The third-order valence-corrected chi connectivity index (χ3v) is 5.85. The molecule has 8 heteroatoms. The number of benzene rings is 2. The van der Waals surface area contributed by atoms with Crippen molar-refractivity contribution in [2.24, 2.45) is 0 Å². The molecule has 2 aromatic rings. The number of ketones is 1. The van der Waals surface area contributed by atoms with Crippen LogP contribution in [-0.4, -0.2) is 33.3 Å². The quantitative estimate of drug-likeness (QED) is 0.396. The Kier molecular flexibility index (Phi) is 9.01. The smallest absolute Gasteiger partial charge is 0.240 e. The minimum atomic E-state index is -3.74.